The Labute approximate surface area is 141 Å². The normalized spacial score (nSPS) is 23.4. The first kappa shape index (κ1) is 20.1. The summed E-state index contributed by atoms with van der Waals surface area (Å²) >= 11 is 0. The topological polar surface area (TPSA) is 12.4 Å². The molecule has 0 aromatic rings. The van der Waals surface area contributed by atoms with Gasteiger partial charge in [0.15, 0.2) is 0 Å². The van der Waals surface area contributed by atoms with Gasteiger partial charge in [0.25, 0.3) is 5.92 Å². The van der Waals surface area contributed by atoms with E-state index in [9.17, 15) is 8.78 Å². The molecule has 23 heavy (non-hydrogen) atoms. The smallest absolute Gasteiger partial charge is 0.250 e. The Morgan fingerprint density at radius 2 is 2.00 bits per heavy atom. The zero-order valence-corrected chi connectivity index (χ0v) is 15.3. The van der Waals surface area contributed by atoms with Crippen LogP contribution in [0.2, 0.25) is 0 Å². The van der Waals surface area contributed by atoms with Crippen molar-refractivity contribution in [1.82, 2.24) is 0 Å². The number of rotatable bonds is 9. The lowest BCUT2D eigenvalue weighted by molar-refractivity contribution is -0.103. The molecule has 0 fully saturated rings. The lowest BCUT2D eigenvalue weighted by Crippen LogP contribution is -2.38. The Morgan fingerprint density at radius 3 is 2.61 bits per heavy atom. The molecule has 3 heteroatoms. The molecule has 0 aromatic carbocycles. The number of alkyl halides is 2. The summed E-state index contributed by atoms with van der Waals surface area (Å²) < 4.78 is 28.0. The van der Waals surface area contributed by atoms with E-state index < -0.39 is 11.3 Å². The van der Waals surface area contributed by atoms with Crippen LogP contribution in [0.4, 0.5) is 8.78 Å². The van der Waals surface area contributed by atoms with Crippen LogP contribution in [0.5, 0.6) is 0 Å². The fraction of sp³-hybridized carbons (Fsp3) is 0.750. The van der Waals surface area contributed by atoms with Gasteiger partial charge < -0.3 is 0 Å². The molecule has 1 unspecified atom stereocenters. The summed E-state index contributed by atoms with van der Waals surface area (Å²) in [6.45, 7) is 5.01. The molecule has 1 aliphatic carbocycles. The standard InChI is InChI=1S/C20H33F2N/c1-5-6-7-8-9-11-17(13-15-23-4)18-12-10-14-19(2,16-18)20(3,21)22/h12-13,15H,5-11,14,16H2,1-4H3/b17-13-,23-15?. The second-order valence-electron chi connectivity index (χ2n) is 7.16. The quantitative estimate of drug-likeness (QED) is 0.328. The maximum absolute atomic E-state index is 14.0. The minimum atomic E-state index is -2.64. The Balaban J connectivity index is 2.77. The number of allylic oxidation sites excluding steroid dienone is 4. The molecule has 0 aliphatic heterocycles. The van der Waals surface area contributed by atoms with Gasteiger partial charge in [0.1, 0.15) is 0 Å². The van der Waals surface area contributed by atoms with E-state index in [0.29, 0.717) is 12.8 Å². The lowest BCUT2D eigenvalue weighted by atomic mass is 9.70. The third-order valence-electron chi connectivity index (χ3n) is 5.11. The SMILES string of the molecule is CCCCCCC/C(=C/C=NC)C1=CCCC(C)(C(C)(F)F)C1. The zero-order valence-electron chi connectivity index (χ0n) is 15.3. The summed E-state index contributed by atoms with van der Waals surface area (Å²) in [5, 5.41) is 0. The van der Waals surface area contributed by atoms with Crippen molar-refractivity contribution in [3.8, 4) is 0 Å². The summed E-state index contributed by atoms with van der Waals surface area (Å²) in [7, 11) is 1.74. The number of unbranched alkanes of at least 4 members (excludes halogenated alkanes) is 4. The first-order valence-corrected chi connectivity index (χ1v) is 9.02. The van der Waals surface area contributed by atoms with Crippen LogP contribution in [0.3, 0.4) is 0 Å². The maximum Gasteiger partial charge on any atom is 0.250 e. The van der Waals surface area contributed by atoms with Crippen LogP contribution < -0.4 is 0 Å². The highest BCUT2D eigenvalue weighted by atomic mass is 19.3. The zero-order chi connectivity index (χ0) is 17.3. The molecule has 0 aromatic heterocycles. The third kappa shape index (κ3) is 6.19. The number of aliphatic imine (C=N–C) groups is 1. The molecule has 0 heterocycles. The van der Waals surface area contributed by atoms with E-state index in [4.69, 9.17) is 0 Å². The molecule has 0 bridgehead atoms. The van der Waals surface area contributed by atoms with Crippen molar-refractivity contribution in [2.24, 2.45) is 10.4 Å². The van der Waals surface area contributed by atoms with Gasteiger partial charge in [0.2, 0.25) is 0 Å². The van der Waals surface area contributed by atoms with Gasteiger partial charge in [-0.05, 0) is 56.3 Å². The van der Waals surface area contributed by atoms with Crippen LogP contribution in [0.15, 0.2) is 28.3 Å². The van der Waals surface area contributed by atoms with Crippen LogP contribution in [-0.4, -0.2) is 19.2 Å². The molecule has 1 rings (SSSR count). The maximum atomic E-state index is 14.0. The fourth-order valence-corrected chi connectivity index (χ4v) is 3.20. The molecule has 1 aliphatic rings. The third-order valence-corrected chi connectivity index (χ3v) is 5.11. The molecule has 0 spiro atoms. The van der Waals surface area contributed by atoms with E-state index >= 15 is 0 Å². The van der Waals surface area contributed by atoms with Gasteiger partial charge in [-0.3, -0.25) is 4.99 Å². The minimum Gasteiger partial charge on any atom is -0.297 e. The second-order valence-corrected chi connectivity index (χ2v) is 7.16. The van der Waals surface area contributed by atoms with Crippen molar-refractivity contribution < 1.29 is 8.78 Å². The molecule has 0 radical (unpaired) electrons. The first-order chi connectivity index (χ1) is 10.8. The number of halogens is 2. The molecule has 0 N–H and O–H groups in total. The predicted molar refractivity (Wildman–Crippen MR) is 96.5 cm³/mol. The van der Waals surface area contributed by atoms with Crippen molar-refractivity contribution >= 4 is 6.21 Å². The van der Waals surface area contributed by atoms with Gasteiger partial charge >= 0.3 is 0 Å². The average molecular weight is 325 g/mol. The minimum absolute atomic E-state index is 0.467. The lowest BCUT2D eigenvalue weighted by Gasteiger charge is -2.39. The highest BCUT2D eigenvalue weighted by Crippen LogP contribution is 2.49. The van der Waals surface area contributed by atoms with Crippen LogP contribution in [0.1, 0.15) is 78.6 Å². The molecule has 0 saturated carbocycles. The number of hydrogen-bond acceptors (Lipinski definition) is 1. The van der Waals surface area contributed by atoms with Gasteiger partial charge in [0.05, 0.1) is 0 Å². The summed E-state index contributed by atoms with van der Waals surface area (Å²) in [6, 6.07) is 0. The average Bonchev–Trinajstić information content (AvgIpc) is 2.49. The van der Waals surface area contributed by atoms with Crippen LogP contribution in [-0.2, 0) is 0 Å². The number of nitrogens with zero attached hydrogens (tertiary/aromatic N) is 1. The van der Waals surface area contributed by atoms with Gasteiger partial charge in [-0.1, -0.05) is 45.6 Å². The van der Waals surface area contributed by atoms with Gasteiger partial charge in [0, 0.05) is 18.7 Å². The monoisotopic (exact) mass is 325 g/mol. The van der Waals surface area contributed by atoms with E-state index in [1.807, 2.05) is 6.08 Å². The Bertz CT molecular complexity index is 443. The van der Waals surface area contributed by atoms with Gasteiger partial charge in [-0.25, -0.2) is 8.78 Å². The van der Waals surface area contributed by atoms with E-state index in [2.05, 4.69) is 18.0 Å². The largest absolute Gasteiger partial charge is 0.297 e. The molecule has 0 amide bonds. The van der Waals surface area contributed by atoms with E-state index in [1.165, 1.54) is 31.3 Å². The summed E-state index contributed by atoms with van der Waals surface area (Å²) in [6.07, 6.45) is 14.8. The number of hydrogen-bond donors (Lipinski definition) is 0. The fourth-order valence-electron chi connectivity index (χ4n) is 3.20. The van der Waals surface area contributed by atoms with Crippen molar-refractivity contribution in [1.29, 1.82) is 0 Å². The molecular weight excluding hydrogens is 292 g/mol. The van der Waals surface area contributed by atoms with Crippen molar-refractivity contribution in [2.75, 3.05) is 7.05 Å². The van der Waals surface area contributed by atoms with E-state index in [-0.39, 0.29) is 0 Å². The van der Waals surface area contributed by atoms with Crippen molar-refractivity contribution in [2.45, 2.75) is 84.5 Å². The molecular formula is C20H33F2N. The highest BCUT2D eigenvalue weighted by Gasteiger charge is 2.46. The summed E-state index contributed by atoms with van der Waals surface area (Å²) in [5.74, 6) is -2.64. The van der Waals surface area contributed by atoms with Gasteiger partial charge in [-0.2, -0.15) is 0 Å². The van der Waals surface area contributed by atoms with Gasteiger partial charge in [-0.15, -0.1) is 0 Å². The van der Waals surface area contributed by atoms with Crippen molar-refractivity contribution in [3.05, 3.63) is 23.3 Å². The van der Waals surface area contributed by atoms with Crippen LogP contribution in [0.25, 0.3) is 0 Å². The summed E-state index contributed by atoms with van der Waals surface area (Å²) in [5.41, 5.74) is 1.37. The second kappa shape index (κ2) is 9.34. The molecule has 132 valence electrons. The molecule has 1 atom stereocenters. The highest BCUT2D eigenvalue weighted by molar-refractivity contribution is 5.73. The molecule has 1 nitrogen and oxygen atoms in total. The summed E-state index contributed by atoms with van der Waals surface area (Å²) in [4.78, 5) is 4.04. The predicted octanol–water partition coefficient (Wildman–Crippen LogP) is 6.75. The van der Waals surface area contributed by atoms with E-state index in [1.54, 1.807) is 20.2 Å². The Morgan fingerprint density at radius 1 is 1.30 bits per heavy atom. The first-order valence-electron chi connectivity index (χ1n) is 9.02. The molecule has 0 saturated heterocycles. The van der Waals surface area contributed by atoms with Crippen molar-refractivity contribution in [3.63, 3.8) is 0 Å². The van der Waals surface area contributed by atoms with E-state index in [0.717, 1.165) is 31.8 Å². The Kier molecular flexibility index (Phi) is 8.15. The Hall–Kier alpha value is -0.990. The van der Waals surface area contributed by atoms with Crippen LogP contribution >= 0.6 is 0 Å². The van der Waals surface area contributed by atoms with Crippen LogP contribution in [0, 0.1) is 5.41 Å².